The van der Waals surface area contributed by atoms with Gasteiger partial charge in [-0.1, -0.05) is 25.4 Å². The number of carbonyl (C=O) groups excluding carboxylic acids is 1. The number of nitrogen functional groups attached to an aromatic ring is 1. The molecule has 4 nitrogen and oxygen atoms in total. The third-order valence-electron chi connectivity index (χ3n) is 4.30. The van der Waals surface area contributed by atoms with E-state index < -0.39 is 0 Å². The molecule has 1 aromatic carbocycles. The molecule has 21 heavy (non-hydrogen) atoms. The van der Waals surface area contributed by atoms with E-state index in [4.69, 9.17) is 17.3 Å². The summed E-state index contributed by atoms with van der Waals surface area (Å²) in [6, 6.07) is 5.67. The SMILES string of the molecule is CCN(CC)C1CCN(C(=O)c2ccc(N)cc2Cl)CC1. The third-order valence-corrected chi connectivity index (χ3v) is 4.62. The molecule has 0 bridgehead atoms. The van der Waals surface area contributed by atoms with Gasteiger partial charge in [0.1, 0.15) is 0 Å². The largest absolute Gasteiger partial charge is 0.399 e. The predicted molar refractivity (Wildman–Crippen MR) is 87.7 cm³/mol. The molecule has 0 atom stereocenters. The second kappa shape index (κ2) is 7.14. The van der Waals surface area contributed by atoms with Crippen molar-refractivity contribution < 1.29 is 4.79 Å². The van der Waals surface area contributed by atoms with Gasteiger partial charge in [0.25, 0.3) is 5.91 Å². The normalized spacial score (nSPS) is 16.5. The van der Waals surface area contributed by atoms with E-state index in [2.05, 4.69) is 18.7 Å². The summed E-state index contributed by atoms with van der Waals surface area (Å²) >= 11 is 6.13. The summed E-state index contributed by atoms with van der Waals surface area (Å²) in [7, 11) is 0. The van der Waals surface area contributed by atoms with Gasteiger partial charge < -0.3 is 15.5 Å². The molecule has 1 aromatic rings. The predicted octanol–water partition coefficient (Wildman–Crippen LogP) is 2.87. The lowest BCUT2D eigenvalue weighted by molar-refractivity contribution is 0.0631. The third kappa shape index (κ3) is 3.69. The number of halogens is 1. The number of benzene rings is 1. The molecule has 0 saturated carbocycles. The minimum Gasteiger partial charge on any atom is -0.399 e. The molecule has 2 rings (SSSR count). The van der Waals surface area contributed by atoms with Crippen LogP contribution in [0.5, 0.6) is 0 Å². The maximum atomic E-state index is 12.5. The van der Waals surface area contributed by atoms with E-state index in [9.17, 15) is 4.79 Å². The second-order valence-corrected chi connectivity index (χ2v) is 5.89. The standard InChI is InChI=1S/C16H24ClN3O/c1-3-19(4-2)13-7-9-20(10-8-13)16(21)14-6-5-12(18)11-15(14)17/h5-6,11,13H,3-4,7-10,18H2,1-2H3. The number of rotatable bonds is 4. The van der Waals surface area contributed by atoms with Crippen molar-refractivity contribution in [3.05, 3.63) is 28.8 Å². The molecule has 1 amide bonds. The van der Waals surface area contributed by atoms with Crippen molar-refractivity contribution >= 4 is 23.2 Å². The van der Waals surface area contributed by atoms with Crippen LogP contribution in [0.25, 0.3) is 0 Å². The molecular formula is C16H24ClN3O. The Hall–Kier alpha value is -1.26. The Balaban J connectivity index is 2.00. The zero-order valence-corrected chi connectivity index (χ0v) is 13.6. The van der Waals surface area contributed by atoms with Gasteiger partial charge in [0.2, 0.25) is 0 Å². The molecular weight excluding hydrogens is 286 g/mol. The van der Waals surface area contributed by atoms with Gasteiger partial charge in [-0.3, -0.25) is 4.79 Å². The Morgan fingerprint density at radius 3 is 2.48 bits per heavy atom. The molecule has 1 aliphatic rings. The Bertz CT molecular complexity index is 494. The zero-order chi connectivity index (χ0) is 15.4. The van der Waals surface area contributed by atoms with Gasteiger partial charge in [-0.25, -0.2) is 0 Å². The van der Waals surface area contributed by atoms with Crippen LogP contribution in [-0.4, -0.2) is 47.9 Å². The van der Waals surface area contributed by atoms with Crippen molar-refractivity contribution in [2.24, 2.45) is 0 Å². The smallest absolute Gasteiger partial charge is 0.255 e. The van der Waals surface area contributed by atoms with Crippen LogP contribution in [0.3, 0.4) is 0 Å². The number of hydrogen-bond acceptors (Lipinski definition) is 3. The molecule has 1 aliphatic heterocycles. The van der Waals surface area contributed by atoms with E-state index in [-0.39, 0.29) is 5.91 Å². The Morgan fingerprint density at radius 2 is 1.95 bits per heavy atom. The summed E-state index contributed by atoms with van der Waals surface area (Å²) in [4.78, 5) is 16.9. The van der Waals surface area contributed by atoms with Gasteiger partial charge in [0.15, 0.2) is 0 Å². The van der Waals surface area contributed by atoms with Crippen LogP contribution in [0, 0.1) is 0 Å². The molecule has 1 heterocycles. The average molecular weight is 310 g/mol. The number of nitrogens with two attached hydrogens (primary N) is 1. The van der Waals surface area contributed by atoms with Crippen LogP contribution in [0.2, 0.25) is 5.02 Å². The second-order valence-electron chi connectivity index (χ2n) is 5.48. The van der Waals surface area contributed by atoms with E-state index in [0.717, 1.165) is 39.0 Å². The number of carbonyl (C=O) groups is 1. The molecule has 0 spiro atoms. The van der Waals surface area contributed by atoms with Gasteiger partial charge in [0, 0.05) is 24.8 Å². The number of amides is 1. The molecule has 2 N–H and O–H groups in total. The van der Waals surface area contributed by atoms with E-state index >= 15 is 0 Å². The number of piperidine rings is 1. The van der Waals surface area contributed by atoms with Crippen molar-refractivity contribution in [3.63, 3.8) is 0 Å². The van der Waals surface area contributed by atoms with Gasteiger partial charge in [-0.15, -0.1) is 0 Å². The minimum absolute atomic E-state index is 0.0120. The summed E-state index contributed by atoms with van der Waals surface area (Å²) in [5.41, 5.74) is 6.80. The zero-order valence-electron chi connectivity index (χ0n) is 12.8. The summed E-state index contributed by atoms with van der Waals surface area (Å²) in [5, 5.41) is 0.436. The molecule has 0 aromatic heterocycles. The highest BCUT2D eigenvalue weighted by atomic mass is 35.5. The highest BCUT2D eigenvalue weighted by Gasteiger charge is 2.26. The van der Waals surface area contributed by atoms with Crippen molar-refractivity contribution in [1.82, 2.24) is 9.80 Å². The molecule has 116 valence electrons. The first-order chi connectivity index (χ1) is 10.1. The van der Waals surface area contributed by atoms with Crippen LogP contribution in [-0.2, 0) is 0 Å². The number of anilines is 1. The fourth-order valence-corrected chi connectivity index (χ4v) is 3.32. The van der Waals surface area contributed by atoms with Gasteiger partial charge >= 0.3 is 0 Å². The van der Waals surface area contributed by atoms with Gasteiger partial charge in [-0.05, 0) is 44.1 Å². The lowest BCUT2D eigenvalue weighted by Crippen LogP contribution is -2.46. The Labute approximate surface area is 131 Å². The maximum Gasteiger partial charge on any atom is 0.255 e. The first-order valence-electron chi connectivity index (χ1n) is 7.65. The molecule has 0 radical (unpaired) electrons. The first-order valence-corrected chi connectivity index (χ1v) is 8.03. The topological polar surface area (TPSA) is 49.6 Å². The van der Waals surface area contributed by atoms with Crippen LogP contribution in [0.4, 0.5) is 5.69 Å². The van der Waals surface area contributed by atoms with E-state index in [0.29, 0.717) is 22.3 Å². The Kier molecular flexibility index (Phi) is 5.48. The fraction of sp³-hybridized carbons (Fsp3) is 0.562. The summed E-state index contributed by atoms with van der Waals surface area (Å²) < 4.78 is 0. The average Bonchev–Trinajstić information content (AvgIpc) is 2.48. The number of likely N-dealkylation sites (tertiary alicyclic amines) is 1. The number of hydrogen-bond donors (Lipinski definition) is 1. The molecule has 0 unspecified atom stereocenters. The fourth-order valence-electron chi connectivity index (χ4n) is 3.05. The summed E-state index contributed by atoms with van der Waals surface area (Å²) in [6.45, 7) is 8.10. The monoisotopic (exact) mass is 309 g/mol. The maximum absolute atomic E-state index is 12.5. The minimum atomic E-state index is 0.0120. The number of nitrogens with zero attached hydrogens (tertiary/aromatic N) is 2. The van der Waals surface area contributed by atoms with Crippen LogP contribution < -0.4 is 5.73 Å². The molecule has 1 fully saturated rings. The van der Waals surface area contributed by atoms with Crippen molar-refractivity contribution in [2.75, 3.05) is 31.9 Å². The molecule has 1 saturated heterocycles. The lowest BCUT2D eigenvalue weighted by Gasteiger charge is -2.37. The van der Waals surface area contributed by atoms with Crippen molar-refractivity contribution in [3.8, 4) is 0 Å². The van der Waals surface area contributed by atoms with Crippen LogP contribution in [0.1, 0.15) is 37.0 Å². The van der Waals surface area contributed by atoms with Gasteiger partial charge in [-0.2, -0.15) is 0 Å². The molecule has 0 aliphatic carbocycles. The lowest BCUT2D eigenvalue weighted by atomic mass is 10.0. The highest BCUT2D eigenvalue weighted by Crippen LogP contribution is 2.23. The van der Waals surface area contributed by atoms with E-state index in [1.165, 1.54) is 0 Å². The van der Waals surface area contributed by atoms with Crippen LogP contribution in [0.15, 0.2) is 18.2 Å². The Morgan fingerprint density at radius 1 is 1.33 bits per heavy atom. The first kappa shape index (κ1) is 16.1. The van der Waals surface area contributed by atoms with Gasteiger partial charge in [0.05, 0.1) is 10.6 Å². The summed E-state index contributed by atoms with van der Waals surface area (Å²) in [6.07, 6.45) is 2.06. The van der Waals surface area contributed by atoms with Crippen LogP contribution >= 0.6 is 11.6 Å². The quantitative estimate of drug-likeness (QED) is 0.870. The summed E-state index contributed by atoms with van der Waals surface area (Å²) in [5.74, 6) is 0.0120. The van der Waals surface area contributed by atoms with E-state index in [1.54, 1.807) is 18.2 Å². The molecule has 5 heteroatoms. The van der Waals surface area contributed by atoms with Crippen molar-refractivity contribution in [2.45, 2.75) is 32.7 Å². The van der Waals surface area contributed by atoms with Crippen molar-refractivity contribution in [1.29, 1.82) is 0 Å². The highest BCUT2D eigenvalue weighted by molar-refractivity contribution is 6.34. The van der Waals surface area contributed by atoms with E-state index in [1.807, 2.05) is 4.90 Å².